The SMILES string of the molecule is CCCCCOc1cc(O)c(O[P+](C)=O)c2ccccc12. The molecular formula is C16H20O4P+. The lowest BCUT2D eigenvalue weighted by atomic mass is 10.1. The summed E-state index contributed by atoms with van der Waals surface area (Å²) in [5, 5.41) is 11.7. The predicted octanol–water partition coefficient (Wildman–Crippen LogP) is 4.87. The van der Waals surface area contributed by atoms with Gasteiger partial charge in [-0.25, -0.2) is 4.52 Å². The maximum absolute atomic E-state index is 11.3. The normalized spacial score (nSPS) is 11.4. The first-order chi connectivity index (χ1) is 10.1. The number of benzene rings is 2. The van der Waals surface area contributed by atoms with Crippen molar-refractivity contribution in [2.75, 3.05) is 13.3 Å². The number of aromatic hydroxyl groups is 1. The number of ether oxygens (including phenoxy) is 1. The molecule has 112 valence electrons. The second-order valence-corrected chi connectivity index (χ2v) is 5.92. The Morgan fingerprint density at radius 2 is 1.90 bits per heavy atom. The molecule has 0 aliphatic carbocycles. The fourth-order valence-corrected chi connectivity index (χ4v) is 2.63. The van der Waals surface area contributed by atoms with Crippen molar-refractivity contribution in [3.63, 3.8) is 0 Å². The van der Waals surface area contributed by atoms with Gasteiger partial charge in [-0.05, 0) is 11.0 Å². The van der Waals surface area contributed by atoms with E-state index >= 15 is 0 Å². The molecule has 1 unspecified atom stereocenters. The molecule has 0 heterocycles. The van der Waals surface area contributed by atoms with Crippen LogP contribution < -0.4 is 9.26 Å². The van der Waals surface area contributed by atoms with E-state index in [4.69, 9.17) is 9.26 Å². The van der Waals surface area contributed by atoms with Crippen LogP contribution in [0.25, 0.3) is 10.8 Å². The smallest absolute Gasteiger partial charge is 0.504 e. The fourth-order valence-electron chi connectivity index (χ4n) is 2.18. The van der Waals surface area contributed by atoms with Crippen LogP contribution in [0.1, 0.15) is 26.2 Å². The second kappa shape index (κ2) is 7.28. The van der Waals surface area contributed by atoms with Crippen LogP contribution in [0.4, 0.5) is 0 Å². The summed E-state index contributed by atoms with van der Waals surface area (Å²) < 4.78 is 22.4. The number of phenolic OH excluding ortho intramolecular Hbond substituents is 1. The van der Waals surface area contributed by atoms with E-state index in [1.54, 1.807) is 0 Å². The van der Waals surface area contributed by atoms with Crippen LogP contribution in [0.15, 0.2) is 30.3 Å². The Morgan fingerprint density at radius 1 is 1.19 bits per heavy atom. The van der Waals surface area contributed by atoms with Crippen LogP contribution in [-0.2, 0) is 4.57 Å². The van der Waals surface area contributed by atoms with Crippen molar-refractivity contribution in [1.82, 2.24) is 0 Å². The van der Waals surface area contributed by atoms with Crippen molar-refractivity contribution < 1.29 is 18.9 Å². The van der Waals surface area contributed by atoms with Gasteiger partial charge < -0.3 is 9.84 Å². The van der Waals surface area contributed by atoms with E-state index in [-0.39, 0.29) is 11.5 Å². The van der Waals surface area contributed by atoms with E-state index in [1.165, 1.54) is 12.7 Å². The van der Waals surface area contributed by atoms with E-state index in [0.717, 1.165) is 24.6 Å². The number of rotatable bonds is 7. The zero-order valence-electron chi connectivity index (χ0n) is 12.3. The highest BCUT2D eigenvalue weighted by Gasteiger charge is 2.20. The van der Waals surface area contributed by atoms with Crippen LogP contribution in [-0.4, -0.2) is 18.4 Å². The lowest BCUT2D eigenvalue weighted by molar-refractivity contribution is 0.307. The Labute approximate surface area is 125 Å². The van der Waals surface area contributed by atoms with Crippen molar-refractivity contribution in [1.29, 1.82) is 0 Å². The van der Waals surface area contributed by atoms with Crippen LogP contribution in [0.2, 0.25) is 0 Å². The third kappa shape index (κ3) is 3.85. The van der Waals surface area contributed by atoms with Gasteiger partial charge in [-0.15, -0.1) is 0 Å². The largest absolute Gasteiger partial charge is 0.552 e. The Hall–Kier alpha value is -1.80. The number of phenols is 1. The van der Waals surface area contributed by atoms with Crippen molar-refractivity contribution in [3.05, 3.63) is 30.3 Å². The molecule has 0 aromatic heterocycles. The Bertz CT molecular complexity index is 639. The van der Waals surface area contributed by atoms with Crippen molar-refractivity contribution in [2.45, 2.75) is 26.2 Å². The van der Waals surface area contributed by atoms with Gasteiger partial charge >= 0.3 is 8.03 Å². The molecule has 2 rings (SSSR count). The first-order valence-corrected chi connectivity index (χ1v) is 8.72. The summed E-state index contributed by atoms with van der Waals surface area (Å²) in [7, 11) is -1.84. The van der Waals surface area contributed by atoms with Gasteiger partial charge in [0, 0.05) is 16.8 Å². The quantitative estimate of drug-likeness (QED) is 0.586. The Kier molecular flexibility index (Phi) is 5.40. The standard InChI is InChI=1S/C16H19O4P/c1-3-4-7-10-19-15-11-14(17)16(20-21(2)18)13-9-6-5-8-12(13)15/h5-6,8-9,11H,3-4,7,10H2,1-2H3/p+1. The van der Waals surface area contributed by atoms with Gasteiger partial charge in [0.05, 0.1) is 6.61 Å². The topological polar surface area (TPSA) is 55.8 Å². The highest BCUT2D eigenvalue weighted by Crippen LogP contribution is 2.43. The monoisotopic (exact) mass is 307 g/mol. The van der Waals surface area contributed by atoms with Gasteiger partial charge in [0.2, 0.25) is 5.75 Å². The summed E-state index contributed by atoms with van der Waals surface area (Å²) in [6.07, 6.45) is 3.22. The fraction of sp³-hybridized carbons (Fsp3) is 0.375. The lowest BCUT2D eigenvalue weighted by Crippen LogP contribution is -1.98. The van der Waals surface area contributed by atoms with E-state index in [9.17, 15) is 9.67 Å². The predicted molar refractivity (Wildman–Crippen MR) is 84.8 cm³/mol. The first kappa shape index (κ1) is 15.6. The summed E-state index contributed by atoms with van der Waals surface area (Å²) in [5.74, 6) is 0.817. The molecule has 1 atom stereocenters. The van der Waals surface area contributed by atoms with Crippen LogP contribution in [0.3, 0.4) is 0 Å². The number of unbranched alkanes of at least 4 members (excludes halogenated alkanes) is 2. The molecule has 0 aliphatic rings. The zero-order chi connectivity index (χ0) is 15.2. The highest BCUT2D eigenvalue weighted by atomic mass is 31.1. The summed E-state index contributed by atoms with van der Waals surface area (Å²) in [6.45, 7) is 4.21. The zero-order valence-corrected chi connectivity index (χ0v) is 13.2. The summed E-state index contributed by atoms with van der Waals surface area (Å²) >= 11 is 0. The minimum Gasteiger partial charge on any atom is -0.504 e. The summed E-state index contributed by atoms with van der Waals surface area (Å²) in [5.41, 5.74) is 0. The molecule has 0 saturated heterocycles. The van der Waals surface area contributed by atoms with Crippen molar-refractivity contribution >= 4 is 18.8 Å². The van der Waals surface area contributed by atoms with Crippen LogP contribution in [0, 0.1) is 0 Å². The van der Waals surface area contributed by atoms with E-state index in [1.807, 2.05) is 24.3 Å². The maximum atomic E-state index is 11.3. The highest BCUT2D eigenvalue weighted by molar-refractivity contribution is 7.38. The Morgan fingerprint density at radius 3 is 2.57 bits per heavy atom. The van der Waals surface area contributed by atoms with E-state index in [2.05, 4.69) is 6.92 Å². The Balaban J connectivity index is 2.37. The maximum Gasteiger partial charge on any atom is 0.552 e. The molecule has 1 N–H and O–H groups in total. The van der Waals surface area contributed by atoms with Crippen LogP contribution in [0.5, 0.6) is 17.2 Å². The third-order valence-electron chi connectivity index (χ3n) is 3.16. The van der Waals surface area contributed by atoms with Gasteiger partial charge in [-0.2, -0.15) is 0 Å². The number of fused-ring (bicyclic) bond motifs is 1. The minimum atomic E-state index is -1.84. The molecule has 0 spiro atoms. The molecule has 0 saturated carbocycles. The minimum absolute atomic E-state index is 0.0515. The van der Waals surface area contributed by atoms with Gasteiger partial charge in [0.25, 0.3) is 0 Å². The molecule has 0 aliphatic heterocycles. The average molecular weight is 307 g/mol. The lowest BCUT2D eigenvalue weighted by Gasteiger charge is -2.11. The van der Waals surface area contributed by atoms with E-state index < -0.39 is 8.03 Å². The van der Waals surface area contributed by atoms with Crippen molar-refractivity contribution in [3.8, 4) is 17.2 Å². The van der Waals surface area contributed by atoms with Crippen molar-refractivity contribution in [2.24, 2.45) is 0 Å². The number of hydrogen-bond donors (Lipinski definition) is 1. The molecule has 0 fully saturated rings. The third-order valence-corrected chi connectivity index (χ3v) is 3.60. The molecule has 21 heavy (non-hydrogen) atoms. The van der Waals surface area contributed by atoms with Gasteiger partial charge in [-0.1, -0.05) is 44.0 Å². The molecule has 2 aromatic carbocycles. The molecule has 0 amide bonds. The molecule has 0 bridgehead atoms. The molecule has 4 nitrogen and oxygen atoms in total. The average Bonchev–Trinajstić information content (AvgIpc) is 2.47. The van der Waals surface area contributed by atoms with Gasteiger partial charge in [-0.3, -0.25) is 0 Å². The summed E-state index contributed by atoms with van der Waals surface area (Å²) in [4.78, 5) is 0. The molecule has 5 heteroatoms. The molecule has 0 radical (unpaired) electrons. The first-order valence-electron chi connectivity index (χ1n) is 7.09. The second-order valence-electron chi connectivity index (χ2n) is 4.86. The molecule has 2 aromatic rings. The van der Waals surface area contributed by atoms with Gasteiger partial charge in [0.1, 0.15) is 5.75 Å². The summed E-state index contributed by atoms with van der Waals surface area (Å²) in [6, 6.07) is 9.00. The number of hydrogen-bond acceptors (Lipinski definition) is 4. The molecular weight excluding hydrogens is 287 g/mol. The van der Waals surface area contributed by atoms with Crippen LogP contribution >= 0.6 is 8.03 Å². The van der Waals surface area contributed by atoms with E-state index in [0.29, 0.717) is 17.7 Å². The van der Waals surface area contributed by atoms with Gasteiger partial charge in [0.15, 0.2) is 12.4 Å².